The van der Waals surface area contributed by atoms with Gasteiger partial charge in [0.15, 0.2) is 0 Å². The second-order valence-corrected chi connectivity index (χ2v) is 6.39. The quantitative estimate of drug-likeness (QED) is 0.880. The first-order valence-corrected chi connectivity index (χ1v) is 7.67. The fourth-order valence-electron chi connectivity index (χ4n) is 3.73. The molecule has 0 amide bonds. The number of nitrogens with two attached hydrogens (primary N) is 1. The average Bonchev–Trinajstić information content (AvgIpc) is 2.43. The molecule has 1 aromatic rings. The first-order chi connectivity index (χ1) is 9.19. The Morgan fingerprint density at radius 1 is 1.32 bits per heavy atom. The van der Waals surface area contributed by atoms with Crippen molar-refractivity contribution in [3.8, 4) is 0 Å². The summed E-state index contributed by atoms with van der Waals surface area (Å²) in [5, 5.41) is 0. The topological polar surface area (TPSA) is 35.2 Å². The second-order valence-electron chi connectivity index (χ2n) is 6.39. The first-order valence-electron chi connectivity index (χ1n) is 7.67. The van der Waals surface area contributed by atoms with Crippen molar-refractivity contribution < 1.29 is 4.74 Å². The summed E-state index contributed by atoms with van der Waals surface area (Å²) in [6.07, 6.45) is 7.25. The highest BCUT2D eigenvalue weighted by Gasteiger charge is 2.38. The second kappa shape index (κ2) is 5.26. The van der Waals surface area contributed by atoms with Crippen LogP contribution < -0.4 is 5.73 Å². The smallest absolute Gasteiger partial charge is 0.0845 e. The zero-order valence-electron chi connectivity index (χ0n) is 11.9. The van der Waals surface area contributed by atoms with Gasteiger partial charge in [-0.2, -0.15) is 0 Å². The van der Waals surface area contributed by atoms with E-state index in [-0.39, 0.29) is 11.6 Å². The molecule has 2 heteroatoms. The van der Waals surface area contributed by atoms with Crippen LogP contribution in [-0.4, -0.2) is 12.1 Å². The van der Waals surface area contributed by atoms with Gasteiger partial charge >= 0.3 is 0 Å². The zero-order valence-corrected chi connectivity index (χ0v) is 11.9. The lowest BCUT2D eigenvalue weighted by Crippen LogP contribution is -2.49. The molecule has 3 atom stereocenters. The van der Waals surface area contributed by atoms with E-state index in [9.17, 15) is 0 Å². The standard InChI is InChI=1S/C17H25NO/c1-13-6-4-5-10-17(13,18)12-16-15-8-3-2-7-14(15)9-11-19-16/h2-3,7-8,13,16H,4-6,9-12,18H2,1H3. The van der Waals surface area contributed by atoms with Gasteiger partial charge in [-0.25, -0.2) is 0 Å². The highest BCUT2D eigenvalue weighted by molar-refractivity contribution is 5.31. The Labute approximate surface area is 116 Å². The molecule has 2 nitrogen and oxygen atoms in total. The van der Waals surface area contributed by atoms with Gasteiger partial charge in [-0.1, -0.05) is 44.0 Å². The summed E-state index contributed by atoms with van der Waals surface area (Å²) in [4.78, 5) is 0. The van der Waals surface area contributed by atoms with Crippen molar-refractivity contribution in [2.75, 3.05) is 6.61 Å². The molecule has 1 aliphatic heterocycles. The van der Waals surface area contributed by atoms with E-state index in [1.807, 2.05) is 0 Å². The molecular formula is C17H25NO. The van der Waals surface area contributed by atoms with Crippen molar-refractivity contribution in [3.63, 3.8) is 0 Å². The minimum Gasteiger partial charge on any atom is -0.373 e. The van der Waals surface area contributed by atoms with Gasteiger partial charge < -0.3 is 10.5 Å². The van der Waals surface area contributed by atoms with E-state index in [0.29, 0.717) is 5.92 Å². The molecule has 1 saturated carbocycles. The van der Waals surface area contributed by atoms with Crippen molar-refractivity contribution in [1.29, 1.82) is 0 Å². The number of benzene rings is 1. The summed E-state index contributed by atoms with van der Waals surface area (Å²) < 4.78 is 6.04. The van der Waals surface area contributed by atoms with E-state index in [0.717, 1.165) is 25.9 Å². The van der Waals surface area contributed by atoms with E-state index >= 15 is 0 Å². The normalized spacial score (nSPS) is 34.8. The van der Waals surface area contributed by atoms with Crippen molar-refractivity contribution in [3.05, 3.63) is 35.4 Å². The minimum absolute atomic E-state index is 0.0344. The maximum Gasteiger partial charge on any atom is 0.0845 e. The van der Waals surface area contributed by atoms with E-state index < -0.39 is 0 Å². The Morgan fingerprint density at radius 2 is 2.16 bits per heavy atom. The third-order valence-electron chi connectivity index (χ3n) is 5.17. The van der Waals surface area contributed by atoms with Gasteiger partial charge in [0.05, 0.1) is 12.7 Å². The lowest BCUT2D eigenvalue weighted by molar-refractivity contribution is 0.00617. The van der Waals surface area contributed by atoms with Crippen LogP contribution in [0.3, 0.4) is 0 Å². The molecule has 2 N–H and O–H groups in total. The van der Waals surface area contributed by atoms with Crippen molar-refractivity contribution in [1.82, 2.24) is 0 Å². The molecule has 0 saturated heterocycles. The molecule has 1 aromatic carbocycles. The molecule has 2 aliphatic rings. The number of ether oxygens (including phenoxy) is 1. The van der Waals surface area contributed by atoms with Crippen LogP contribution in [0, 0.1) is 5.92 Å². The van der Waals surface area contributed by atoms with E-state index in [1.165, 1.54) is 30.4 Å². The number of hydrogen-bond donors (Lipinski definition) is 1. The summed E-state index contributed by atoms with van der Waals surface area (Å²) >= 11 is 0. The minimum atomic E-state index is -0.0344. The van der Waals surface area contributed by atoms with Crippen LogP contribution in [0.5, 0.6) is 0 Å². The molecule has 0 bridgehead atoms. The molecule has 104 valence electrons. The molecule has 3 rings (SSSR count). The fourth-order valence-corrected chi connectivity index (χ4v) is 3.73. The lowest BCUT2D eigenvalue weighted by Gasteiger charge is -2.42. The first kappa shape index (κ1) is 13.1. The van der Waals surface area contributed by atoms with E-state index in [4.69, 9.17) is 10.5 Å². The molecule has 1 heterocycles. The van der Waals surface area contributed by atoms with Gasteiger partial charge in [0.25, 0.3) is 0 Å². The van der Waals surface area contributed by atoms with Gasteiger partial charge in [0, 0.05) is 5.54 Å². The maximum atomic E-state index is 6.71. The summed E-state index contributed by atoms with van der Waals surface area (Å²) in [5.74, 6) is 0.610. The van der Waals surface area contributed by atoms with Crippen LogP contribution in [0.2, 0.25) is 0 Å². The maximum absolute atomic E-state index is 6.71. The van der Waals surface area contributed by atoms with Gasteiger partial charge in [-0.15, -0.1) is 0 Å². The van der Waals surface area contributed by atoms with E-state index in [2.05, 4.69) is 31.2 Å². The van der Waals surface area contributed by atoms with Crippen LogP contribution in [0.15, 0.2) is 24.3 Å². The van der Waals surface area contributed by atoms with Crippen molar-refractivity contribution in [2.24, 2.45) is 11.7 Å². The lowest BCUT2D eigenvalue weighted by atomic mass is 9.70. The average molecular weight is 259 g/mol. The van der Waals surface area contributed by atoms with Crippen LogP contribution >= 0.6 is 0 Å². The fraction of sp³-hybridized carbons (Fsp3) is 0.647. The van der Waals surface area contributed by atoms with Crippen molar-refractivity contribution in [2.45, 2.75) is 57.1 Å². The predicted molar refractivity (Wildman–Crippen MR) is 78.0 cm³/mol. The van der Waals surface area contributed by atoms with Gasteiger partial charge in [-0.05, 0) is 42.7 Å². The Hall–Kier alpha value is -0.860. The highest BCUT2D eigenvalue weighted by atomic mass is 16.5. The Kier molecular flexibility index (Phi) is 3.64. The van der Waals surface area contributed by atoms with Crippen LogP contribution in [-0.2, 0) is 11.2 Å². The van der Waals surface area contributed by atoms with Crippen LogP contribution in [0.25, 0.3) is 0 Å². The summed E-state index contributed by atoms with van der Waals surface area (Å²) in [7, 11) is 0. The monoisotopic (exact) mass is 259 g/mol. The molecule has 0 spiro atoms. The molecule has 0 radical (unpaired) electrons. The predicted octanol–water partition coefficient (Wildman–Crippen LogP) is 3.60. The molecule has 1 fully saturated rings. The largest absolute Gasteiger partial charge is 0.373 e. The van der Waals surface area contributed by atoms with Crippen LogP contribution in [0.1, 0.15) is 56.3 Å². The van der Waals surface area contributed by atoms with Crippen LogP contribution in [0.4, 0.5) is 0 Å². The molecule has 1 aliphatic carbocycles. The molecule has 19 heavy (non-hydrogen) atoms. The Morgan fingerprint density at radius 3 is 3.00 bits per heavy atom. The summed E-state index contributed by atoms with van der Waals surface area (Å²) in [6.45, 7) is 3.15. The Balaban J connectivity index is 1.80. The number of hydrogen-bond acceptors (Lipinski definition) is 2. The Bertz CT molecular complexity index is 445. The van der Waals surface area contributed by atoms with Gasteiger partial charge in [0.1, 0.15) is 0 Å². The van der Waals surface area contributed by atoms with E-state index in [1.54, 1.807) is 0 Å². The van der Waals surface area contributed by atoms with Gasteiger partial charge in [0.2, 0.25) is 0 Å². The highest BCUT2D eigenvalue weighted by Crippen LogP contribution is 2.40. The third-order valence-corrected chi connectivity index (χ3v) is 5.17. The summed E-state index contributed by atoms with van der Waals surface area (Å²) in [5.41, 5.74) is 9.50. The molecule has 3 unspecified atom stereocenters. The summed E-state index contributed by atoms with van der Waals surface area (Å²) in [6, 6.07) is 8.70. The third kappa shape index (κ3) is 2.56. The zero-order chi connectivity index (χ0) is 13.3. The number of fused-ring (bicyclic) bond motifs is 1. The molecular weight excluding hydrogens is 234 g/mol. The number of rotatable bonds is 2. The van der Waals surface area contributed by atoms with Crippen molar-refractivity contribution >= 4 is 0 Å². The van der Waals surface area contributed by atoms with Gasteiger partial charge in [-0.3, -0.25) is 0 Å². The molecule has 0 aromatic heterocycles. The SMILES string of the molecule is CC1CCCCC1(N)CC1OCCc2ccccc21.